The third kappa shape index (κ3) is 3.99. The van der Waals surface area contributed by atoms with Crippen molar-refractivity contribution >= 4 is 54.9 Å². The number of pyridine rings is 1. The summed E-state index contributed by atoms with van der Waals surface area (Å²) in [5.41, 5.74) is 4.96. The molecule has 0 unspecified atom stereocenters. The van der Waals surface area contributed by atoms with Crippen molar-refractivity contribution in [1.29, 1.82) is 0 Å². The lowest BCUT2D eigenvalue weighted by atomic mass is 9.88. The molecule has 1 nitrogen and oxygen atoms in total. The highest BCUT2D eigenvalue weighted by Gasteiger charge is 2.19. The highest BCUT2D eigenvalue weighted by molar-refractivity contribution is 8.00. The maximum absolute atomic E-state index is 4.65. The third-order valence-corrected chi connectivity index (χ3v) is 9.22. The van der Waals surface area contributed by atoms with Crippen LogP contribution in [0, 0.1) is 0 Å². The van der Waals surface area contributed by atoms with E-state index in [0.717, 1.165) is 0 Å². The Morgan fingerprint density at radius 2 is 1.07 bits per heavy atom. The van der Waals surface area contributed by atoms with Gasteiger partial charge in [-0.15, -0.1) is 0 Å². The molecule has 0 aliphatic heterocycles. The first-order valence-electron chi connectivity index (χ1n) is 13.9. The fourth-order valence-electron chi connectivity index (χ4n) is 6.16. The Morgan fingerprint density at radius 1 is 0.439 bits per heavy atom. The molecular weight excluding hydrogens is 515 g/mol. The van der Waals surface area contributed by atoms with E-state index in [1.54, 1.807) is 0 Å². The zero-order chi connectivity index (χ0) is 27.2. The summed E-state index contributed by atoms with van der Waals surface area (Å²) in [5.74, 6) is 0. The van der Waals surface area contributed by atoms with Crippen molar-refractivity contribution in [3.05, 3.63) is 152 Å². The second kappa shape index (κ2) is 9.92. The summed E-state index contributed by atoms with van der Waals surface area (Å²) in [6.45, 7) is 0. The van der Waals surface area contributed by atoms with Crippen LogP contribution in [0.3, 0.4) is 0 Å². The molecule has 8 rings (SSSR count). The van der Waals surface area contributed by atoms with Crippen LogP contribution in [0.15, 0.2) is 162 Å². The topological polar surface area (TPSA) is 12.9 Å². The van der Waals surface area contributed by atoms with Crippen molar-refractivity contribution in [1.82, 2.24) is 4.98 Å². The predicted octanol–water partition coefficient (Wildman–Crippen LogP) is 11.2. The van der Waals surface area contributed by atoms with E-state index in [1.165, 1.54) is 75.1 Å². The quantitative estimate of drug-likeness (QED) is 0.163. The van der Waals surface area contributed by atoms with Crippen LogP contribution in [0.1, 0.15) is 0 Å². The summed E-state index contributed by atoms with van der Waals surface area (Å²) in [4.78, 5) is 7.15. The van der Waals surface area contributed by atoms with Crippen LogP contribution in [-0.4, -0.2) is 4.98 Å². The zero-order valence-electron chi connectivity index (χ0n) is 22.3. The van der Waals surface area contributed by atoms with Crippen LogP contribution in [0.2, 0.25) is 0 Å². The van der Waals surface area contributed by atoms with E-state index in [9.17, 15) is 0 Å². The molecule has 0 radical (unpaired) electrons. The van der Waals surface area contributed by atoms with E-state index < -0.39 is 0 Å². The van der Waals surface area contributed by atoms with Crippen LogP contribution < -0.4 is 0 Å². The molecule has 8 aromatic rings. The number of hydrogen-bond donors (Lipinski definition) is 0. The summed E-state index contributed by atoms with van der Waals surface area (Å²) in [6, 6.07) is 50.3. The molecule has 7 aromatic carbocycles. The van der Waals surface area contributed by atoms with Gasteiger partial charge in [0, 0.05) is 27.6 Å². The average molecular weight is 540 g/mol. The smallest absolute Gasteiger partial charge is 0.0353 e. The van der Waals surface area contributed by atoms with Crippen molar-refractivity contribution in [2.75, 3.05) is 0 Å². The lowest BCUT2D eigenvalue weighted by Crippen LogP contribution is -1.92. The number of rotatable bonds is 4. The molecule has 0 saturated carbocycles. The first kappa shape index (κ1) is 23.9. The molecule has 1 heterocycles. The van der Waals surface area contributed by atoms with Crippen LogP contribution in [0.5, 0.6) is 0 Å². The second-order valence-electron chi connectivity index (χ2n) is 10.3. The maximum Gasteiger partial charge on any atom is 0.0353 e. The van der Waals surface area contributed by atoms with E-state index in [2.05, 4.69) is 145 Å². The largest absolute Gasteiger partial charge is 0.264 e. The minimum absolute atomic E-state index is 1.17. The number of benzene rings is 7. The Bertz CT molecular complexity index is 2180. The standard InChI is InChI=1S/C39H25NS/c1-2-12-26(13-3-1)29-16-10-11-21-37(29)41-39-33-20-9-8-19-32(33)38(36-25-40-23-22-34(36)39)35-24-27-14-4-5-15-28(27)30-17-6-7-18-31(30)35/h1-25H. The highest BCUT2D eigenvalue weighted by Crippen LogP contribution is 2.48. The van der Waals surface area contributed by atoms with Gasteiger partial charge in [0.2, 0.25) is 0 Å². The molecular formula is C39H25NS. The molecule has 0 aliphatic rings. The van der Waals surface area contributed by atoms with E-state index in [4.69, 9.17) is 0 Å². The van der Waals surface area contributed by atoms with Gasteiger partial charge in [-0.2, -0.15) is 0 Å². The van der Waals surface area contributed by atoms with Gasteiger partial charge in [-0.1, -0.05) is 133 Å². The molecule has 1 aromatic heterocycles. The van der Waals surface area contributed by atoms with Crippen LogP contribution in [0.4, 0.5) is 0 Å². The van der Waals surface area contributed by atoms with Crippen molar-refractivity contribution in [3.63, 3.8) is 0 Å². The van der Waals surface area contributed by atoms with Crippen LogP contribution >= 0.6 is 11.8 Å². The molecule has 0 N–H and O–H groups in total. The minimum Gasteiger partial charge on any atom is -0.264 e. The normalized spacial score (nSPS) is 11.5. The summed E-state index contributed by atoms with van der Waals surface area (Å²) in [6.07, 6.45) is 3.97. The molecule has 0 aliphatic carbocycles. The molecule has 192 valence electrons. The lowest BCUT2D eigenvalue weighted by molar-refractivity contribution is 1.36. The highest BCUT2D eigenvalue weighted by atomic mass is 32.2. The maximum atomic E-state index is 4.65. The lowest BCUT2D eigenvalue weighted by Gasteiger charge is -2.19. The third-order valence-electron chi connectivity index (χ3n) is 8.00. The number of fused-ring (bicyclic) bond motifs is 5. The second-order valence-corrected chi connectivity index (χ2v) is 11.4. The molecule has 0 bridgehead atoms. The van der Waals surface area contributed by atoms with Gasteiger partial charge in [0.05, 0.1) is 0 Å². The van der Waals surface area contributed by atoms with Crippen LogP contribution in [0.25, 0.3) is 65.3 Å². The predicted molar refractivity (Wildman–Crippen MR) is 176 cm³/mol. The molecule has 0 atom stereocenters. The summed E-state index contributed by atoms with van der Waals surface area (Å²) in [5, 5.41) is 9.96. The van der Waals surface area contributed by atoms with Gasteiger partial charge in [0.15, 0.2) is 0 Å². The van der Waals surface area contributed by atoms with Crippen LogP contribution in [-0.2, 0) is 0 Å². The Morgan fingerprint density at radius 3 is 1.93 bits per heavy atom. The van der Waals surface area contributed by atoms with Crippen molar-refractivity contribution in [2.45, 2.75) is 9.79 Å². The van der Waals surface area contributed by atoms with Gasteiger partial charge in [0.1, 0.15) is 0 Å². The Balaban J connectivity index is 1.45. The van der Waals surface area contributed by atoms with E-state index in [1.807, 2.05) is 24.2 Å². The fourth-order valence-corrected chi connectivity index (χ4v) is 7.40. The van der Waals surface area contributed by atoms with E-state index >= 15 is 0 Å². The van der Waals surface area contributed by atoms with Gasteiger partial charge in [-0.25, -0.2) is 0 Å². The molecule has 0 saturated heterocycles. The van der Waals surface area contributed by atoms with Gasteiger partial charge in [-0.05, 0) is 78.2 Å². The fraction of sp³-hybridized carbons (Fsp3) is 0. The van der Waals surface area contributed by atoms with Gasteiger partial charge in [-0.3, -0.25) is 4.98 Å². The molecule has 0 amide bonds. The van der Waals surface area contributed by atoms with Gasteiger partial charge < -0.3 is 0 Å². The Kier molecular flexibility index (Phi) is 5.79. The SMILES string of the molecule is c1ccc(-c2ccccc2Sc2c3ccccc3c(-c3cc4ccccc4c4ccccc34)c3cnccc23)cc1. The summed E-state index contributed by atoms with van der Waals surface area (Å²) >= 11 is 1.85. The molecule has 41 heavy (non-hydrogen) atoms. The first-order chi connectivity index (χ1) is 20.4. The molecule has 0 spiro atoms. The molecule has 2 heteroatoms. The first-order valence-corrected chi connectivity index (χ1v) is 14.7. The number of nitrogens with zero attached hydrogens (tertiary/aromatic N) is 1. The molecule has 0 fully saturated rings. The Hall–Kier alpha value is -4.92. The van der Waals surface area contributed by atoms with E-state index in [-0.39, 0.29) is 0 Å². The van der Waals surface area contributed by atoms with Crippen molar-refractivity contribution in [2.24, 2.45) is 0 Å². The van der Waals surface area contributed by atoms with Gasteiger partial charge in [0.25, 0.3) is 0 Å². The number of hydrogen-bond acceptors (Lipinski definition) is 2. The monoisotopic (exact) mass is 539 g/mol. The van der Waals surface area contributed by atoms with E-state index in [0.29, 0.717) is 0 Å². The average Bonchev–Trinajstić information content (AvgIpc) is 3.05. The van der Waals surface area contributed by atoms with Crippen molar-refractivity contribution in [3.8, 4) is 22.3 Å². The minimum atomic E-state index is 1.17. The van der Waals surface area contributed by atoms with Crippen molar-refractivity contribution < 1.29 is 0 Å². The van der Waals surface area contributed by atoms with Gasteiger partial charge >= 0.3 is 0 Å². The Labute approximate surface area is 243 Å². The zero-order valence-corrected chi connectivity index (χ0v) is 23.1. The summed E-state index contributed by atoms with van der Waals surface area (Å²) < 4.78 is 0. The number of aromatic nitrogens is 1. The summed E-state index contributed by atoms with van der Waals surface area (Å²) in [7, 11) is 0.